The van der Waals surface area contributed by atoms with Gasteiger partial charge >= 0.3 is 0 Å². The summed E-state index contributed by atoms with van der Waals surface area (Å²) in [6.45, 7) is 10.7. The molecule has 92 valence electrons. The average molecular weight is 233 g/mol. The van der Waals surface area contributed by atoms with Crippen molar-refractivity contribution in [3.8, 4) is 0 Å². The van der Waals surface area contributed by atoms with Crippen LogP contribution in [-0.4, -0.2) is 43.0 Å². The Hall–Kier alpha value is 0.270. The summed E-state index contributed by atoms with van der Waals surface area (Å²) in [7, 11) is 0. The van der Waals surface area contributed by atoms with Crippen molar-refractivity contribution in [1.82, 2.24) is 4.90 Å². The van der Waals surface area contributed by atoms with Crippen molar-refractivity contribution in [2.24, 2.45) is 0 Å². The van der Waals surface area contributed by atoms with Gasteiger partial charge in [-0.3, -0.25) is 4.90 Å². The summed E-state index contributed by atoms with van der Waals surface area (Å²) in [6, 6.07) is 0.677. The second-order valence-electron chi connectivity index (χ2n) is 3.98. The summed E-state index contributed by atoms with van der Waals surface area (Å²) in [5.41, 5.74) is 0. The SMILES string of the molecule is CCCCN(CCOCCS)C(C)CC. The smallest absolute Gasteiger partial charge is 0.0593 e. The molecule has 0 saturated heterocycles. The fourth-order valence-electron chi connectivity index (χ4n) is 1.52. The van der Waals surface area contributed by atoms with Crippen molar-refractivity contribution in [2.45, 2.75) is 46.1 Å². The van der Waals surface area contributed by atoms with Crippen LogP contribution in [0, 0.1) is 0 Å². The normalized spacial score (nSPS) is 13.4. The van der Waals surface area contributed by atoms with Crippen LogP contribution in [0.2, 0.25) is 0 Å². The van der Waals surface area contributed by atoms with Gasteiger partial charge in [0.25, 0.3) is 0 Å². The van der Waals surface area contributed by atoms with E-state index in [1.165, 1.54) is 25.8 Å². The fourth-order valence-corrected chi connectivity index (χ4v) is 1.65. The second kappa shape index (κ2) is 10.8. The van der Waals surface area contributed by atoms with Gasteiger partial charge in [0.2, 0.25) is 0 Å². The van der Waals surface area contributed by atoms with Gasteiger partial charge in [-0.05, 0) is 26.3 Å². The maximum atomic E-state index is 5.47. The molecule has 0 aromatic heterocycles. The number of unbranched alkanes of at least 4 members (excludes halogenated alkanes) is 1. The summed E-state index contributed by atoms with van der Waals surface area (Å²) in [5.74, 6) is 0.818. The number of hydrogen-bond donors (Lipinski definition) is 1. The molecule has 0 bridgehead atoms. The van der Waals surface area contributed by atoms with Crippen molar-refractivity contribution in [1.29, 1.82) is 0 Å². The van der Waals surface area contributed by atoms with E-state index in [9.17, 15) is 0 Å². The van der Waals surface area contributed by atoms with Crippen LogP contribution >= 0.6 is 12.6 Å². The minimum atomic E-state index is 0.677. The molecule has 0 N–H and O–H groups in total. The molecule has 0 heterocycles. The molecule has 0 aliphatic rings. The van der Waals surface area contributed by atoms with Gasteiger partial charge in [0.15, 0.2) is 0 Å². The zero-order valence-electron chi connectivity index (χ0n) is 10.5. The lowest BCUT2D eigenvalue weighted by Crippen LogP contribution is -2.36. The molecule has 0 aliphatic carbocycles. The molecular formula is C12H27NOS. The van der Waals surface area contributed by atoms with Crippen LogP contribution in [0.4, 0.5) is 0 Å². The summed E-state index contributed by atoms with van der Waals surface area (Å²) >= 11 is 4.12. The van der Waals surface area contributed by atoms with E-state index in [0.29, 0.717) is 6.04 Å². The Balaban J connectivity index is 3.69. The first kappa shape index (κ1) is 15.3. The highest BCUT2D eigenvalue weighted by atomic mass is 32.1. The van der Waals surface area contributed by atoms with Gasteiger partial charge in [-0.15, -0.1) is 0 Å². The molecule has 1 atom stereocenters. The van der Waals surface area contributed by atoms with Crippen LogP contribution in [0.1, 0.15) is 40.0 Å². The number of thiol groups is 1. The van der Waals surface area contributed by atoms with Gasteiger partial charge in [0.1, 0.15) is 0 Å². The number of ether oxygens (including phenoxy) is 1. The minimum Gasteiger partial charge on any atom is -0.379 e. The van der Waals surface area contributed by atoms with Crippen molar-refractivity contribution >= 4 is 12.6 Å². The highest BCUT2D eigenvalue weighted by Gasteiger charge is 2.10. The number of hydrogen-bond acceptors (Lipinski definition) is 3. The van der Waals surface area contributed by atoms with Crippen LogP contribution in [-0.2, 0) is 4.74 Å². The first-order valence-electron chi connectivity index (χ1n) is 6.18. The van der Waals surface area contributed by atoms with Crippen LogP contribution in [0.5, 0.6) is 0 Å². The van der Waals surface area contributed by atoms with E-state index in [1.807, 2.05) is 0 Å². The van der Waals surface area contributed by atoms with Crippen LogP contribution < -0.4 is 0 Å². The van der Waals surface area contributed by atoms with E-state index in [-0.39, 0.29) is 0 Å². The largest absolute Gasteiger partial charge is 0.379 e. The van der Waals surface area contributed by atoms with Gasteiger partial charge in [-0.25, -0.2) is 0 Å². The Morgan fingerprint density at radius 2 is 1.93 bits per heavy atom. The third-order valence-corrected chi connectivity index (χ3v) is 2.95. The molecule has 0 aromatic rings. The van der Waals surface area contributed by atoms with Gasteiger partial charge in [0, 0.05) is 18.3 Å². The predicted octanol–water partition coefficient (Wildman–Crippen LogP) is 2.83. The Bertz CT molecular complexity index is 133. The highest BCUT2D eigenvalue weighted by Crippen LogP contribution is 2.05. The van der Waals surface area contributed by atoms with Crippen LogP contribution in [0.3, 0.4) is 0 Å². The summed E-state index contributed by atoms with van der Waals surface area (Å²) < 4.78 is 5.47. The van der Waals surface area contributed by atoms with Gasteiger partial charge in [0.05, 0.1) is 13.2 Å². The van der Waals surface area contributed by atoms with Gasteiger partial charge in [-0.2, -0.15) is 12.6 Å². The quantitative estimate of drug-likeness (QED) is 0.460. The first-order chi connectivity index (χ1) is 7.26. The molecule has 0 spiro atoms. The summed E-state index contributed by atoms with van der Waals surface area (Å²) in [6.07, 6.45) is 3.78. The van der Waals surface area contributed by atoms with E-state index in [4.69, 9.17) is 4.74 Å². The van der Waals surface area contributed by atoms with Crippen molar-refractivity contribution < 1.29 is 4.74 Å². The maximum absolute atomic E-state index is 5.47. The third-order valence-electron chi connectivity index (χ3n) is 2.77. The summed E-state index contributed by atoms with van der Waals surface area (Å²) in [4.78, 5) is 2.53. The lowest BCUT2D eigenvalue weighted by Gasteiger charge is -2.28. The van der Waals surface area contributed by atoms with Crippen LogP contribution in [0.15, 0.2) is 0 Å². The molecule has 2 nitrogen and oxygen atoms in total. The molecule has 0 radical (unpaired) electrons. The van der Waals surface area contributed by atoms with Gasteiger partial charge in [-0.1, -0.05) is 20.3 Å². The zero-order chi connectivity index (χ0) is 11.5. The maximum Gasteiger partial charge on any atom is 0.0593 e. The lowest BCUT2D eigenvalue weighted by molar-refractivity contribution is 0.0971. The van der Waals surface area contributed by atoms with E-state index in [0.717, 1.165) is 25.5 Å². The van der Waals surface area contributed by atoms with Crippen molar-refractivity contribution in [2.75, 3.05) is 32.1 Å². The first-order valence-corrected chi connectivity index (χ1v) is 6.82. The molecule has 0 aliphatic heterocycles. The minimum absolute atomic E-state index is 0.677. The van der Waals surface area contributed by atoms with Gasteiger partial charge < -0.3 is 4.74 Å². The number of rotatable bonds is 10. The summed E-state index contributed by atoms with van der Waals surface area (Å²) in [5, 5.41) is 0. The van der Waals surface area contributed by atoms with Crippen molar-refractivity contribution in [3.05, 3.63) is 0 Å². The molecule has 0 saturated carbocycles. The Kier molecular flexibility index (Phi) is 11.0. The highest BCUT2D eigenvalue weighted by molar-refractivity contribution is 7.80. The van der Waals surface area contributed by atoms with E-state index in [2.05, 4.69) is 38.3 Å². The molecule has 15 heavy (non-hydrogen) atoms. The van der Waals surface area contributed by atoms with E-state index >= 15 is 0 Å². The van der Waals surface area contributed by atoms with E-state index in [1.54, 1.807) is 0 Å². The molecule has 0 aromatic carbocycles. The Morgan fingerprint density at radius 1 is 1.20 bits per heavy atom. The molecular weight excluding hydrogens is 206 g/mol. The lowest BCUT2D eigenvalue weighted by atomic mass is 10.2. The van der Waals surface area contributed by atoms with E-state index < -0.39 is 0 Å². The molecule has 1 unspecified atom stereocenters. The molecule has 0 fully saturated rings. The van der Waals surface area contributed by atoms with Crippen LogP contribution in [0.25, 0.3) is 0 Å². The topological polar surface area (TPSA) is 12.5 Å². The number of nitrogens with zero attached hydrogens (tertiary/aromatic N) is 1. The molecule has 3 heteroatoms. The average Bonchev–Trinajstić information content (AvgIpc) is 2.27. The van der Waals surface area contributed by atoms with Crippen molar-refractivity contribution in [3.63, 3.8) is 0 Å². The Morgan fingerprint density at radius 3 is 2.47 bits per heavy atom. The second-order valence-corrected chi connectivity index (χ2v) is 4.43. The Labute approximate surface area is 101 Å². The molecule has 0 rings (SSSR count). The monoisotopic (exact) mass is 233 g/mol. The predicted molar refractivity (Wildman–Crippen MR) is 70.9 cm³/mol. The molecule has 0 amide bonds. The standard InChI is InChI=1S/C12H27NOS/c1-4-6-7-13(12(3)5-2)8-9-14-10-11-15/h12,15H,4-11H2,1-3H3. The third kappa shape index (κ3) is 8.12. The fraction of sp³-hybridized carbons (Fsp3) is 1.00. The zero-order valence-corrected chi connectivity index (χ0v) is 11.4.